The first-order chi connectivity index (χ1) is 30.7. The first kappa shape index (κ1) is 34.7. The van der Waals surface area contributed by atoms with Crippen LogP contribution in [0.1, 0.15) is 0 Å². The van der Waals surface area contributed by atoms with Gasteiger partial charge in [0.15, 0.2) is 0 Å². The maximum absolute atomic E-state index is 5.43. The summed E-state index contributed by atoms with van der Waals surface area (Å²) in [4.78, 5) is 5.43. The minimum absolute atomic E-state index is 1.00. The van der Waals surface area contributed by atoms with Gasteiger partial charge in [0.2, 0.25) is 0 Å². The molecule has 0 atom stereocenters. The van der Waals surface area contributed by atoms with Crippen LogP contribution in [-0.2, 0) is 0 Å². The molecular weight excluding hydrogens is 747 g/mol. The first-order valence-corrected chi connectivity index (χ1v) is 21.4. The highest BCUT2D eigenvalue weighted by molar-refractivity contribution is 6.31. The van der Waals surface area contributed by atoms with E-state index in [-0.39, 0.29) is 0 Å². The average Bonchev–Trinajstić information content (AvgIpc) is 3.34. The summed E-state index contributed by atoms with van der Waals surface area (Å²) >= 11 is 0. The smallest absolute Gasteiger partial charge is 0.0781 e. The second-order valence-electron chi connectivity index (χ2n) is 16.6. The zero-order valence-corrected chi connectivity index (χ0v) is 33.8. The van der Waals surface area contributed by atoms with E-state index >= 15 is 0 Å². The molecule has 286 valence electrons. The third kappa shape index (κ3) is 5.32. The summed E-state index contributed by atoms with van der Waals surface area (Å²) in [6.45, 7) is 0. The van der Waals surface area contributed by atoms with Crippen molar-refractivity contribution in [3.8, 4) is 44.5 Å². The minimum Gasteiger partial charge on any atom is -0.255 e. The van der Waals surface area contributed by atoms with Crippen LogP contribution in [0.4, 0.5) is 0 Å². The van der Waals surface area contributed by atoms with Crippen LogP contribution in [0, 0.1) is 0 Å². The van der Waals surface area contributed by atoms with Crippen LogP contribution in [0.3, 0.4) is 0 Å². The molecule has 62 heavy (non-hydrogen) atoms. The molecule has 1 aromatic heterocycles. The van der Waals surface area contributed by atoms with E-state index in [2.05, 4.69) is 225 Å². The molecule has 0 aliphatic heterocycles. The van der Waals surface area contributed by atoms with E-state index in [1.165, 1.54) is 109 Å². The van der Waals surface area contributed by atoms with Gasteiger partial charge in [-0.2, -0.15) is 0 Å². The largest absolute Gasteiger partial charge is 0.255 e. The highest BCUT2D eigenvalue weighted by Crippen LogP contribution is 2.48. The van der Waals surface area contributed by atoms with Crippen molar-refractivity contribution >= 4 is 86.3 Å². The van der Waals surface area contributed by atoms with Gasteiger partial charge in [0, 0.05) is 22.5 Å². The predicted molar refractivity (Wildman–Crippen MR) is 266 cm³/mol. The number of nitrogens with zero attached hydrogens (tertiary/aromatic N) is 1. The zero-order valence-electron chi connectivity index (χ0n) is 33.8. The fourth-order valence-corrected chi connectivity index (χ4v) is 10.4. The van der Waals surface area contributed by atoms with Gasteiger partial charge in [0.25, 0.3) is 0 Å². The number of fused-ring (bicyclic) bond motifs is 11. The summed E-state index contributed by atoms with van der Waals surface area (Å²) in [5.74, 6) is 0. The maximum Gasteiger partial charge on any atom is 0.0781 e. The summed E-state index contributed by atoms with van der Waals surface area (Å²) in [5.41, 5.74) is 10.6. The van der Waals surface area contributed by atoms with Gasteiger partial charge in [-0.15, -0.1) is 0 Å². The predicted octanol–water partition coefficient (Wildman–Crippen LogP) is 17.0. The topological polar surface area (TPSA) is 12.9 Å². The molecule has 0 spiro atoms. The minimum atomic E-state index is 1.00. The summed E-state index contributed by atoms with van der Waals surface area (Å²) in [5, 5.41) is 18.3. The van der Waals surface area contributed by atoms with Crippen LogP contribution in [0.5, 0.6) is 0 Å². The highest BCUT2D eigenvalue weighted by atomic mass is 14.7. The van der Waals surface area contributed by atoms with Crippen LogP contribution < -0.4 is 0 Å². The summed E-state index contributed by atoms with van der Waals surface area (Å²) < 4.78 is 0. The third-order valence-electron chi connectivity index (χ3n) is 13.2. The number of hydrogen-bond acceptors (Lipinski definition) is 1. The van der Waals surface area contributed by atoms with Crippen molar-refractivity contribution in [3.05, 3.63) is 225 Å². The molecule has 0 N–H and O–H groups in total. The van der Waals surface area contributed by atoms with Crippen molar-refractivity contribution < 1.29 is 0 Å². The Morgan fingerprint density at radius 3 is 1.24 bits per heavy atom. The molecule has 0 amide bonds. The molecule has 0 aliphatic carbocycles. The Kier molecular flexibility index (Phi) is 7.67. The molecule has 1 heterocycles. The third-order valence-corrected chi connectivity index (χ3v) is 13.2. The fourth-order valence-electron chi connectivity index (χ4n) is 10.4. The van der Waals surface area contributed by atoms with Crippen LogP contribution in [0.25, 0.3) is 131 Å². The van der Waals surface area contributed by atoms with E-state index in [0.29, 0.717) is 0 Å². The number of rotatable bonds is 4. The molecule has 13 rings (SSSR count). The highest BCUT2D eigenvalue weighted by Gasteiger charge is 2.21. The van der Waals surface area contributed by atoms with Gasteiger partial charge >= 0.3 is 0 Å². The molecule has 0 radical (unpaired) electrons. The normalized spacial score (nSPS) is 11.9. The molecule has 13 aromatic rings. The van der Waals surface area contributed by atoms with Gasteiger partial charge in [0.05, 0.1) is 5.52 Å². The van der Waals surface area contributed by atoms with Crippen molar-refractivity contribution in [1.82, 2.24) is 4.98 Å². The second-order valence-corrected chi connectivity index (χ2v) is 16.6. The van der Waals surface area contributed by atoms with Gasteiger partial charge in [-0.3, -0.25) is 4.98 Å². The molecule has 0 unspecified atom stereocenters. The molecule has 12 aromatic carbocycles. The van der Waals surface area contributed by atoms with Gasteiger partial charge in [-0.25, -0.2) is 0 Å². The Labute approximate surface area is 358 Å². The van der Waals surface area contributed by atoms with Gasteiger partial charge < -0.3 is 0 Å². The monoisotopic (exact) mass is 783 g/mol. The molecule has 1 heteroatoms. The number of aromatic nitrogens is 1. The van der Waals surface area contributed by atoms with Crippen molar-refractivity contribution in [2.45, 2.75) is 0 Å². The summed E-state index contributed by atoms with van der Waals surface area (Å²) in [6.07, 6.45) is 2.08. The van der Waals surface area contributed by atoms with E-state index in [1.54, 1.807) is 0 Å². The average molecular weight is 784 g/mol. The lowest BCUT2D eigenvalue weighted by molar-refractivity contribution is 1.43. The van der Waals surface area contributed by atoms with Crippen molar-refractivity contribution in [3.63, 3.8) is 0 Å². The van der Waals surface area contributed by atoms with Gasteiger partial charge in [0.1, 0.15) is 0 Å². The quantitative estimate of drug-likeness (QED) is 0.162. The summed E-state index contributed by atoms with van der Waals surface area (Å²) in [7, 11) is 0. The maximum atomic E-state index is 5.43. The van der Waals surface area contributed by atoms with E-state index in [1.807, 2.05) is 0 Å². The lowest BCUT2D eigenvalue weighted by atomic mass is 9.83. The Morgan fingerprint density at radius 2 is 0.661 bits per heavy atom. The van der Waals surface area contributed by atoms with Crippen molar-refractivity contribution in [2.75, 3.05) is 0 Å². The van der Waals surface area contributed by atoms with E-state index in [9.17, 15) is 0 Å². The van der Waals surface area contributed by atoms with Crippen LogP contribution >= 0.6 is 0 Å². The molecule has 0 bridgehead atoms. The van der Waals surface area contributed by atoms with Gasteiger partial charge in [-0.1, -0.05) is 194 Å². The Bertz CT molecular complexity index is 3970. The van der Waals surface area contributed by atoms with Crippen LogP contribution in [-0.4, -0.2) is 4.98 Å². The standard InChI is InChI=1S/C61H37N/c1-5-21-46-38(13-1)17-9-25-50(46)42-29-31-52-43(33-42)30-32-55-59(52)57(54-28-12-20-41-16-4-8-24-49(41)54)36-58-60(55)56(53-27-11-19-40-15-3-7-23-48(40)53)35-44-34-45(37-62-61(44)58)51-26-10-18-39-14-2-6-22-47(39)51/h1-37H. The van der Waals surface area contributed by atoms with Crippen LogP contribution in [0.15, 0.2) is 225 Å². The van der Waals surface area contributed by atoms with E-state index < -0.39 is 0 Å². The van der Waals surface area contributed by atoms with Gasteiger partial charge in [-0.05, 0) is 133 Å². The molecule has 0 saturated carbocycles. The second kappa shape index (κ2) is 13.7. The lowest BCUT2D eigenvalue weighted by Gasteiger charge is -2.20. The number of pyridine rings is 1. The van der Waals surface area contributed by atoms with Crippen LogP contribution in [0.2, 0.25) is 0 Å². The van der Waals surface area contributed by atoms with E-state index in [0.717, 1.165) is 21.9 Å². The first-order valence-electron chi connectivity index (χ1n) is 21.4. The van der Waals surface area contributed by atoms with Crippen molar-refractivity contribution in [2.24, 2.45) is 0 Å². The molecule has 0 saturated heterocycles. The SMILES string of the molecule is c1ccc2c(-c3ccc4c(ccc5c4c(-c4cccc6ccccc46)cc4c6ncc(-c7cccc8ccccc78)cc6cc(-c6cccc7ccccc67)c45)c3)cccc2c1. The summed E-state index contributed by atoms with van der Waals surface area (Å²) in [6, 6.07) is 80.6. The van der Waals surface area contributed by atoms with E-state index in [4.69, 9.17) is 4.98 Å². The molecule has 1 nitrogen and oxygen atoms in total. The fraction of sp³-hybridized carbons (Fsp3) is 0. The Morgan fingerprint density at radius 1 is 0.226 bits per heavy atom. The van der Waals surface area contributed by atoms with Crippen molar-refractivity contribution in [1.29, 1.82) is 0 Å². The molecular formula is C61H37N. The zero-order chi connectivity index (χ0) is 40.7. The Hall–Kier alpha value is -8.13. The lowest BCUT2D eigenvalue weighted by Crippen LogP contribution is -1.94. The Balaban J connectivity index is 1.18. The molecule has 0 fully saturated rings. The molecule has 0 aliphatic rings. The number of benzene rings is 12. The number of hydrogen-bond donors (Lipinski definition) is 0.